The van der Waals surface area contributed by atoms with Gasteiger partial charge >= 0.3 is 12.2 Å². The molecule has 7 heteroatoms. The summed E-state index contributed by atoms with van der Waals surface area (Å²) in [5, 5.41) is 11.6. The molecule has 0 heterocycles. The third-order valence-electron chi connectivity index (χ3n) is 4.71. The lowest BCUT2D eigenvalue weighted by molar-refractivity contribution is -0.0168. The lowest BCUT2D eigenvalue weighted by Gasteiger charge is -2.30. The SMILES string of the molecule is CN(C(=O)OCc1ccccc1)N(Cc1ccccc1C#N)C(=O)OCc1ccccc1. The van der Waals surface area contributed by atoms with Gasteiger partial charge in [0.15, 0.2) is 0 Å². The Kier molecular flexibility index (Phi) is 7.82. The molecule has 162 valence electrons. The molecule has 0 unspecified atom stereocenters. The Morgan fingerprint density at radius 3 is 1.84 bits per heavy atom. The van der Waals surface area contributed by atoms with E-state index in [4.69, 9.17) is 9.47 Å². The van der Waals surface area contributed by atoms with Crippen LogP contribution >= 0.6 is 0 Å². The summed E-state index contributed by atoms with van der Waals surface area (Å²) >= 11 is 0. The molecule has 0 saturated heterocycles. The van der Waals surface area contributed by atoms with Crippen LogP contribution < -0.4 is 0 Å². The fourth-order valence-electron chi connectivity index (χ4n) is 2.93. The molecule has 7 nitrogen and oxygen atoms in total. The number of hydrazine groups is 1. The number of hydrogen-bond donors (Lipinski definition) is 0. The van der Waals surface area contributed by atoms with E-state index >= 15 is 0 Å². The molecule has 3 aromatic carbocycles. The highest BCUT2D eigenvalue weighted by Crippen LogP contribution is 2.15. The standard InChI is InChI=1S/C25H23N3O4/c1-27(24(29)31-18-20-10-4-2-5-11-20)28(17-23-15-9-8-14-22(23)16-26)25(30)32-19-21-12-6-3-7-13-21/h2-15H,17-19H2,1H3. The largest absolute Gasteiger partial charge is 0.443 e. The summed E-state index contributed by atoms with van der Waals surface area (Å²) < 4.78 is 10.8. The van der Waals surface area contributed by atoms with Crippen LogP contribution in [0.4, 0.5) is 9.59 Å². The van der Waals surface area contributed by atoms with Gasteiger partial charge in [-0.05, 0) is 22.8 Å². The first-order valence-corrected chi connectivity index (χ1v) is 9.99. The quantitative estimate of drug-likeness (QED) is 0.522. The minimum Gasteiger partial charge on any atom is -0.443 e. The molecule has 0 bridgehead atoms. The normalized spacial score (nSPS) is 10.0. The van der Waals surface area contributed by atoms with Crippen molar-refractivity contribution < 1.29 is 19.1 Å². The van der Waals surface area contributed by atoms with Crippen LogP contribution in [0.3, 0.4) is 0 Å². The van der Waals surface area contributed by atoms with Crippen LogP contribution in [0.1, 0.15) is 22.3 Å². The lowest BCUT2D eigenvalue weighted by atomic mass is 10.1. The fraction of sp³-hybridized carbons (Fsp3) is 0.160. The van der Waals surface area contributed by atoms with Crippen molar-refractivity contribution in [3.63, 3.8) is 0 Å². The van der Waals surface area contributed by atoms with Gasteiger partial charge in [-0.25, -0.2) is 19.6 Å². The van der Waals surface area contributed by atoms with Crippen LogP contribution in [-0.2, 0) is 29.2 Å². The van der Waals surface area contributed by atoms with Crippen LogP contribution in [0.15, 0.2) is 84.9 Å². The van der Waals surface area contributed by atoms with E-state index in [0.717, 1.165) is 21.1 Å². The van der Waals surface area contributed by atoms with E-state index in [-0.39, 0.29) is 19.8 Å². The summed E-state index contributed by atoms with van der Waals surface area (Å²) in [6.45, 7) is 0.0724. The molecule has 3 rings (SSSR count). The lowest BCUT2D eigenvalue weighted by Crippen LogP contribution is -2.47. The third-order valence-corrected chi connectivity index (χ3v) is 4.71. The molecule has 0 spiro atoms. The second-order valence-electron chi connectivity index (χ2n) is 6.93. The Balaban J connectivity index is 1.74. The molecule has 0 fully saturated rings. The summed E-state index contributed by atoms with van der Waals surface area (Å²) in [6, 6.07) is 27.4. The minimum absolute atomic E-state index is 0.0334. The maximum atomic E-state index is 12.9. The van der Waals surface area contributed by atoms with E-state index in [2.05, 4.69) is 6.07 Å². The van der Waals surface area contributed by atoms with E-state index < -0.39 is 12.2 Å². The van der Waals surface area contributed by atoms with E-state index in [9.17, 15) is 14.9 Å². The zero-order valence-electron chi connectivity index (χ0n) is 17.7. The molecule has 0 saturated carbocycles. The molecule has 32 heavy (non-hydrogen) atoms. The Hall–Kier alpha value is -4.31. The highest BCUT2D eigenvalue weighted by molar-refractivity contribution is 5.74. The Morgan fingerprint density at radius 1 is 0.781 bits per heavy atom. The zero-order valence-corrected chi connectivity index (χ0v) is 17.7. The van der Waals surface area contributed by atoms with Crippen LogP contribution in [0.2, 0.25) is 0 Å². The Labute approximate surface area is 187 Å². The summed E-state index contributed by atoms with van der Waals surface area (Å²) in [5.41, 5.74) is 2.61. The van der Waals surface area contributed by atoms with Crippen LogP contribution in [0.25, 0.3) is 0 Å². The first-order chi connectivity index (χ1) is 15.6. The van der Waals surface area contributed by atoms with E-state index in [1.54, 1.807) is 24.3 Å². The number of hydrogen-bond acceptors (Lipinski definition) is 5. The molecule has 3 aromatic rings. The number of benzene rings is 3. The van der Waals surface area contributed by atoms with Crippen molar-refractivity contribution in [2.75, 3.05) is 7.05 Å². The highest BCUT2D eigenvalue weighted by Gasteiger charge is 2.26. The summed E-state index contributed by atoms with van der Waals surface area (Å²) in [5.74, 6) is 0. The summed E-state index contributed by atoms with van der Waals surface area (Å²) in [6.07, 6.45) is -1.46. The van der Waals surface area contributed by atoms with Crippen molar-refractivity contribution in [1.29, 1.82) is 5.26 Å². The number of nitrogens with zero attached hydrogens (tertiary/aromatic N) is 3. The maximum Gasteiger partial charge on any atom is 0.429 e. The minimum atomic E-state index is -0.735. The molecular weight excluding hydrogens is 406 g/mol. The van der Waals surface area contributed by atoms with Crippen molar-refractivity contribution in [2.24, 2.45) is 0 Å². The second-order valence-corrected chi connectivity index (χ2v) is 6.93. The zero-order chi connectivity index (χ0) is 22.8. The first kappa shape index (κ1) is 22.4. The Morgan fingerprint density at radius 2 is 1.28 bits per heavy atom. The predicted molar refractivity (Wildman–Crippen MR) is 118 cm³/mol. The van der Waals surface area contributed by atoms with Gasteiger partial charge in [-0.3, -0.25) is 0 Å². The molecular formula is C25H23N3O4. The molecule has 0 N–H and O–H groups in total. The van der Waals surface area contributed by atoms with Gasteiger partial charge in [-0.15, -0.1) is 0 Å². The number of ether oxygens (including phenoxy) is 2. The van der Waals surface area contributed by atoms with Gasteiger partial charge in [0.25, 0.3) is 0 Å². The summed E-state index contributed by atoms with van der Waals surface area (Å²) in [4.78, 5) is 25.6. The first-order valence-electron chi connectivity index (χ1n) is 9.99. The van der Waals surface area contributed by atoms with E-state index in [1.807, 2.05) is 60.7 Å². The van der Waals surface area contributed by atoms with E-state index in [0.29, 0.717) is 11.1 Å². The smallest absolute Gasteiger partial charge is 0.429 e. The molecule has 2 amide bonds. The van der Waals surface area contributed by atoms with Gasteiger partial charge < -0.3 is 9.47 Å². The number of rotatable bonds is 6. The molecule has 0 radical (unpaired) electrons. The van der Waals surface area contributed by atoms with Gasteiger partial charge in [0.05, 0.1) is 18.2 Å². The maximum absolute atomic E-state index is 12.9. The average Bonchev–Trinajstić information content (AvgIpc) is 2.85. The number of carbonyl (C=O) groups is 2. The van der Waals surface area contributed by atoms with Gasteiger partial charge in [0, 0.05) is 7.05 Å². The van der Waals surface area contributed by atoms with Gasteiger partial charge in [0.1, 0.15) is 13.2 Å². The predicted octanol–water partition coefficient (Wildman–Crippen LogP) is 4.88. The van der Waals surface area contributed by atoms with Crippen LogP contribution in [-0.4, -0.2) is 29.3 Å². The van der Waals surface area contributed by atoms with Crippen molar-refractivity contribution in [3.8, 4) is 6.07 Å². The molecule has 0 aliphatic rings. The highest BCUT2D eigenvalue weighted by atomic mass is 16.6. The van der Waals surface area contributed by atoms with Gasteiger partial charge in [-0.1, -0.05) is 78.9 Å². The third kappa shape index (κ3) is 6.09. The van der Waals surface area contributed by atoms with E-state index in [1.165, 1.54) is 7.05 Å². The summed E-state index contributed by atoms with van der Waals surface area (Å²) in [7, 11) is 1.42. The molecule has 0 atom stereocenters. The Bertz CT molecular complexity index is 1080. The second kappa shape index (κ2) is 11.2. The van der Waals surface area contributed by atoms with Crippen LogP contribution in [0.5, 0.6) is 0 Å². The topological polar surface area (TPSA) is 82.9 Å². The number of carbonyl (C=O) groups excluding carboxylic acids is 2. The van der Waals surface area contributed by atoms with Crippen LogP contribution in [0, 0.1) is 11.3 Å². The molecule has 0 aliphatic carbocycles. The molecule has 0 aliphatic heterocycles. The van der Waals surface area contributed by atoms with Crippen molar-refractivity contribution in [3.05, 3.63) is 107 Å². The number of amides is 2. The van der Waals surface area contributed by atoms with Crippen molar-refractivity contribution in [2.45, 2.75) is 19.8 Å². The fourth-order valence-corrected chi connectivity index (χ4v) is 2.93. The van der Waals surface area contributed by atoms with Crippen molar-refractivity contribution in [1.82, 2.24) is 10.0 Å². The monoisotopic (exact) mass is 429 g/mol. The number of nitriles is 1. The average molecular weight is 429 g/mol. The van der Waals surface area contributed by atoms with Crippen molar-refractivity contribution >= 4 is 12.2 Å². The molecule has 0 aromatic heterocycles. The van der Waals surface area contributed by atoms with Gasteiger partial charge in [0.2, 0.25) is 0 Å². The van der Waals surface area contributed by atoms with Gasteiger partial charge in [-0.2, -0.15) is 5.26 Å².